The van der Waals surface area contributed by atoms with Gasteiger partial charge in [-0.15, -0.1) is 0 Å². The Morgan fingerprint density at radius 1 is 1.20 bits per heavy atom. The minimum absolute atomic E-state index is 0.0451. The van der Waals surface area contributed by atoms with Crippen molar-refractivity contribution in [2.45, 2.75) is 56.7 Å². The third-order valence-corrected chi connectivity index (χ3v) is 6.63. The highest BCUT2D eigenvalue weighted by Gasteiger charge is 2.68. The molecule has 2 amide bonds. The first kappa shape index (κ1) is 24.6. The van der Waals surface area contributed by atoms with Crippen LogP contribution >= 0.6 is 0 Å². The highest BCUT2D eigenvalue weighted by Crippen LogP contribution is 2.45. The van der Waals surface area contributed by atoms with E-state index in [9.17, 15) is 32.3 Å². The lowest BCUT2D eigenvalue weighted by Crippen LogP contribution is -2.62. The maximum Gasteiger partial charge on any atom is 0.425 e. The molecule has 1 fully saturated rings. The standard InChI is InChI=1S/C23H25F3N4O5/c1-35-15-9-5-8-14(12-15)30-18-17(19(32)28-21(30)34)22(20(33)27-18,23(24,25)26)29-16(31)11-10-13-6-3-2-4-7-13/h5,8-9,12-13H,2-4,6-7,10-11H2,1H3,(H,27,33)(H,29,31)(H,28,32,34). The van der Waals surface area contributed by atoms with Crippen LogP contribution in [0.3, 0.4) is 0 Å². The van der Waals surface area contributed by atoms with E-state index in [2.05, 4.69) is 0 Å². The molecule has 1 atom stereocenters. The summed E-state index contributed by atoms with van der Waals surface area (Å²) in [6.07, 6.45) is -0.314. The van der Waals surface area contributed by atoms with Gasteiger partial charge in [-0.25, -0.2) is 9.36 Å². The number of carbonyl (C=O) groups is 2. The number of H-pyrrole nitrogens is 1. The lowest BCUT2D eigenvalue weighted by Gasteiger charge is -2.30. The molecule has 0 spiro atoms. The summed E-state index contributed by atoms with van der Waals surface area (Å²) >= 11 is 0. The number of nitrogens with one attached hydrogen (secondary N) is 3. The molecule has 12 heteroatoms. The number of carbonyl (C=O) groups excluding carboxylic acids is 2. The average molecular weight is 494 g/mol. The summed E-state index contributed by atoms with van der Waals surface area (Å²) in [5.74, 6) is -2.82. The van der Waals surface area contributed by atoms with Gasteiger partial charge in [-0.05, 0) is 24.5 Å². The van der Waals surface area contributed by atoms with Crippen LogP contribution in [0.25, 0.3) is 5.69 Å². The summed E-state index contributed by atoms with van der Waals surface area (Å²) in [5.41, 5.74) is -7.18. The summed E-state index contributed by atoms with van der Waals surface area (Å²) in [7, 11) is 1.36. The summed E-state index contributed by atoms with van der Waals surface area (Å²) in [4.78, 5) is 52.7. The minimum Gasteiger partial charge on any atom is -0.497 e. The van der Waals surface area contributed by atoms with Gasteiger partial charge in [0.25, 0.3) is 11.5 Å². The lowest BCUT2D eigenvalue weighted by atomic mass is 9.85. The number of halogens is 3. The molecule has 3 N–H and O–H groups in total. The van der Waals surface area contributed by atoms with E-state index in [-0.39, 0.29) is 23.8 Å². The van der Waals surface area contributed by atoms with Gasteiger partial charge in [-0.2, -0.15) is 13.2 Å². The second-order valence-electron chi connectivity index (χ2n) is 8.81. The third-order valence-electron chi connectivity index (χ3n) is 6.63. The maximum absolute atomic E-state index is 14.5. The highest BCUT2D eigenvalue weighted by atomic mass is 19.4. The molecule has 188 valence electrons. The zero-order valence-corrected chi connectivity index (χ0v) is 19.0. The molecule has 0 radical (unpaired) electrons. The van der Waals surface area contributed by atoms with Crippen molar-refractivity contribution in [2.75, 3.05) is 12.4 Å². The molecule has 0 bridgehead atoms. The van der Waals surface area contributed by atoms with Crippen LogP contribution < -0.4 is 26.6 Å². The van der Waals surface area contributed by atoms with E-state index in [0.29, 0.717) is 6.42 Å². The SMILES string of the molecule is COc1cccc(-n2c3c(c(=O)[nH]c2=O)C(NC(=O)CCC2CCCCC2)(C(F)(F)F)C(=O)N3)c1. The number of aromatic amines is 1. The number of amides is 2. The number of fused-ring (bicyclic) bond motifs is 1. The third kappa shape index (κ3) is 4.32. The zero-order chi connectivity index (χ0) is 25.4. The van der Waals surface area contributed by atoms with E-state index < -0.39 is 46.2 Å². The fraction of sp³-hybridized carbons (Fsp3) is 0.478. The summed E-state index contributed by atoms with van der Waals surface area (Å²) in [6.45, 7) is 0. The van der Waals surface area contributed by atoms with Gasteiger partial charge in [0.05, 0.1) is 12.8 Å². The molecular formula is C23H25F3N4O5. The number of rotatable bonds is 6. The monoisotopic (exact) mass is 494 g/mol. The Morgan fingerprint density at radius 2 is 1.91 bits per heavy atom. The maximum atomic E-state index is 14.5. The Hall–Kier alpha value is -3.57. The highest BCUT2D eigenvalue weighted by molar-refractivity contribution is 6.07. The van der Waals surface area contributed by atoms with Crippen molar-refractivity contribution in [3.8, 4) is 11.4 Å². The van der Waals surface area contributed by atoms with Gasteiger partial charge < -0.3 is 15.4 Å². The Bertz CT molecular complexity index is 1260. The molecule has 1 aliphatic carbocycles. The number of methoxy groups -OCH3 is 1. The number of benzene rings is 1. The van der Waals surface area contributed by atoms with Crippen LogP contribution in [-0.2, 0) is 15.1 Å². The Labute approximate surface area is 197 Å². The first-order valence-corrected chi connectivity index (χ1v) is 11.3. The number of alkyl halides is 3. The molecule has 2 aliphatic rings. The number of hydrogen-bond acceptors (Lipinski definition) is 5. The van der Waals surface area contributed by atoms with E-state index in [0.717, 1.165) is 36.7 Å². The van der Waals surface area contributed by atoms with E-state index in [1.807, 2.05) is 10.3 Å². The van der Waals surface area contributed by atoms with Crippen molar-refractivity contribution >= 4 is 17.6 Å². The Balaban J connectivity index is 1.78. The fourth-order valence-electron chi connectivity index (χ4n) is 4.86. The molecule has 1 unspecified atom stereocenters. The summed E-state index contributed by atoms with van der Waals surface area (Å²) in [5, 5.41) is 3.82. The van der Waals surface area contributed by atoms with Gasteiger partial charge in [0.15, 0.2) is 0 Å². The average Bonchev–Trinajstić information content (AvgIpc) is 3.11. The van der Waals surface area contributed by atoms with E-state index in [4.69, 9.17) is 4.74 Å². The van der Waals surface area contributed by atoms with Crippen LogP contribution in [-0.4, -0.2) is 34.7 Å². The van der Waals surface area contributed by atoms with E-state index in [1.165, 1.54) is 25.3 Å². The first-order valence-electron chi connectivity index (χ1n) is 11.3. The van der Waals surface area contributed by atoms with E-state index >= 15 is 0 Å². The number of ether oxygens (including phenoxy) is 1. The van der Waals surface area contributed by atoms with Crippen molar-refractivity contribution in [2.24, 2.45) is 5.92 Å². The minimum atomic E-state index is -5.37. The quantitative estimate of drug-likeness (QED) is 0.570. The number of hydrogen-bond donors (Lipinski definition) is 3. The molecule has 4 rings (SSSR count). The van der Waals surface area contributed by atoms with Gasteiger partial charge >= 0.3 is 11.9 Å². The molecule has 1 aromatic heterocycles. The smallest absolute Gasteiger partial charge is 0.425 e. The van der Waals surface area contributed by atoms with Gasteiger partial charge in [-0.1, -0.05) is 38.2 Å². The van der Waals surface area contributed by atoms with Crippen molar-refractivity contribution in [1.82, 2.24) is 14.9 Å². The topological polar surface area (TPSA) is 122 Å². The van der Waals surface area contributed by atoms with Crippen molar-refractivity contribution in [3.05, 3.63) is 50.7 Å². The van der Waals surface area contributed by atoms with Crippen LogP contribution in [0.1, 0.15) is 50.5 Å². The van der Waals surface area contributed by atoms with Crippen LogP contribution in [0.5, 0.6) is 5.75 Å². The second-order valence-corrected chi connectivity index (χ2v) is 8.81. The van der Waals surface area contributed by atoms with Crippen molar-refractivity contribution < 1.29 is 27.5 Å². The van der Waals surface area contributed by atoms with E-state index in [1.54, 1.807) is 11.4 Å². The predicted molar refractivity (Wildman–Crippen MR) is 120 cm³/mol. The van der Waals surface area contributed by atoms with Crippen molar-refractivity contribution in [1.29, 1.82) is 0 Å². The zero-order valence-electron chi connectivity index (χ0n) is 19.0. The Kier molecular flexibility index (Phi) is 6.48. The van der Waals surface area contributed by atoms with Crippen LogP contribution in [0.15, 0.2) is 33.9 Å². The molecule has 2 aromatic rings. The normalized spacial score (nSPS) is 20.3. The van der Waals surface area contributed by atoms with Crippen LogP contribution in [0.2, 0.25) is 0 Å². The molecular weight excluding hydrogens is 469 g/mol. The first-order chi connectivity index (χ1) is 16.6. The number of aromatic nitrogens is 2. The lowest BCUT2D eigenvalue weighted by molar-refractivity contribution is -0.200. The number of anilines is 1. The molecule has 1 aliphatic heterocycles. The molecule has 1 saturated carbocycles. The van der Waals surface area contributed by atoms with Gasteiger partial charge in [0, 0.05) is 12.5 Å². The predicted octanol–water partition coefficient (Wildman–Crippen LogP) is 2.72. The molecule has 0 saturated heterocycles. The molecule has 9 nitrogen and oxygen atoms in total. The Morgan fingerprint density at radius 3 is 2.57 bits per heavy atom. The largest absolute Gasteiger partial charge is 0.497 e. The van der Waals surface area contributed by atoms with Gasteiger partial charge in [0.2, 0.25) is 11.4 Å². The molecule has 2 heterocycles. The summed E-state index contributed by atoms with van der Waals surface area (Å²) < 4.78 is 49.3. The van der Waals surface area contributed by atoms with Gasteiger partial charge in [0.1, 0.15) is 17.1 Å². The summed E-state index contributed by atoms with van der Waals surface area (Å²) in [6, 6.07) is 5.78. The fourth-order valence-corrected chi connectivity index (χ4v) is 4.86. The van der Waals surface area contributed by atoms with Crippen molar-refractivity contribution in [3.63, 3.8) is 0 Å². The van der Waals surface area contributed by atoms with Crippen LogP contribution in [0, 0.1) is 5.92 Å². The van der Waals surface area contributed by atoms with Crippen LogP contribution in [0.4, 0.5) is 19.0 Å². The van der Waals surface area contributed by atoms with Gasteiger partial charge in [-0.3, -0.25) is 19.4 Å². The number of nitrogens with zero attached hydrogens (tertiary/aromatic N) is 1. The molecule has 1 aromatic carbocycles. The second kappa shape index (κ2) is 9.23. The molecule has 35 heavy (non-hydrogen) atoms.